The van der Waals surface area contributed by atoms with Crippen LogP contribution in [0.15, 0.2) is 6.20 Å². The molecule has 1 atom stereocenters. The minimum atomic E-state index is -4.45. The Balaban J connectivity index is 2.70. The average molecular weight is 282 g/mol. The van der Waals surface area contributed by atoms with Crippen LogP contribution in [0, 0.1) is 0 Å². The summed E-state index contributed by atoms with van der Waals surface area (Å²) >= 11 is 0.492. The van der Waals surface area contributed by atoms with E-state index in [9.17, 15) is 18.3 Å². The van der Waals surface area contributed by atoms with Gasteiger partial charge in [-0.1, -0.05) is 13.8 Å². The molecule has 0 bridgehead atoms. The van der Waals surface area contributed by atoms with Crippen LogP contribution in [0.3, 0.4) is 0 Å². The molecule has 1 heterocycles. The third kappa shape index (κ3) is 4.22. The van der Waals surface area contributed by atoms with Crippen molar-refractivity contribution in [1.29, 1.82) is 0 Å². The molecule has 1 aromatic heterocycles. The maximum Gasteiger partial charge on any atom is 0.443 e. The lowest BCUT2D eigenvalue weighted by molar-refractivity contribution is -0.137. The van der Waals surface area contributed by atoms with Gasteiger partial charge in [-0.3, -0.25) is 0 Å². The van der Waals surface area contributed by atoms with E-state index >= 15 is 0 Å². The summed E-state index contributed by atoms with van der Waals surface area (Å²) in [6, 6.07) is 0.271. The molecule has 1 rings (SSSR count). The second kappa shape index (κ2) is 5.54. The summed E-state index contributed by atoms with van der Waals surface area (Å²) in [7, 11) is 0. The van der Waals surface area contributed by atoms with Crippen LogP contribution in [-0.4, -0.2) is 22.7 Å². The van der Waals surface area contributed by atoms with Gasteiger partial charge in [-0.15, -0.1) is 11.3 Å². The molecular formula is C11H17F3N2OS. The Morgan fingerprint density at radius 2 is 2.06 bits per heavy atom. The van der Waals surface area contributed by atoms with Crippen molar-refractivity contribution >= 4 is 11.3 Å². The fourth-order valence-electron chi connectivity index (χ4n) is 1.38. The molecule has 0 aliphatic rings. The first-order chi connectivity index (χ1) is 8.13. The van der Waals surface area contributed by atoms with E-state index in [4.69, 9.17) is 0 Å². The Hall–Kier alpha value is -0.660. The maximum atomic E-state index is 12.4. The van der Waals surface area contributed by atoms with E-state index in [-0.39, 0.29) is 10.9 Å². The predicted octanol–water partition coefficient (Wildman–Crippen LogP) is 2.76. The fourth-order valence-corrected chi connectivity index (χ4v) is 2.24. The first kappa shape index (κ1) is 15.4. The van der Waals surface area contributed by atoms with Gasteiger partial charge in [0.15, 0.2) is 5.01 Å². The van der Waals surface area contributed by atoms with Crippen molar-refractivity contribution in [2.75, 3.05) is 6.54 Å². The number of rotatable bonds is 5. The zero-order valence-electron chi connectivity index (χ0n) is 10.5. The van der Waals surface area contributed by atoms with E-state index < -0.39 is 16.8 Å². The lowest BCUT2D eigenvalue weighted by Crippen LogP contribution is -2.30. The number of nitrogens with zero attached hydrogens (tertiary/aromatic N) is 1. The first-order valence-electron chi connectivity index (χ1n) is 5.62. The van der Waals surface area contributed by atoms with E-state index in [1.165, 1.54) is 6.92 Å². The molecule has 0 spiro atoms. The van der Waals surface area contributed by atoms with Crippen molar-refractivity contribution in [3.63, 3.8) is 0 Å². The fraction of sp³-hybridized carbons (Fsp3) is 0.727. The summed E-state index contributed by atoms with van der Waals surface area (Å²) in [5, 5.41) is 12.3. The molecule has 2 N–H and O–H groups in total. The predicted molar refractivity (Wildman–Crippen MR) is 64.4 cm³/mol. The van der Waals surface area contributed by atoms with Gasteiger partial charge in [-0.25, -0.2) is 4.98 Å². The van der Waals surface area contributed by atoms with E-state index in [1.807, 2.05) is 13.8 Å². The Morgan fingerprint density at radius 3 is 2.50 bits per heavy atom. The molecule has 3 nitrogen and oxygen atoms in total. The van der Waals surface area contributed by atoms with E-state index in [1.54, 1.807) is 0 Å². The third-order valence-electron chi connectivity index (χ3n) is 2.44. The van der Waals surface area contributed by atoms with Gasteiger partial charge >= 0.3 is 6.18 Å². The van der Waals surface area contributed by atoms with Crippen molar-refractivity contribution in [3.8, 4) is 0 Å². The number of aliphatic hydroxyl groups is 1. The van der Waals surface area contributed by atoms with Crippen LogP contribution in [-0.2, 0) is 11.8 Å². The minimum absolute atomic E-state index is 0.236. The molecule has 0 aliphatic carbocycles. The van der Waals surface area contributed by atoms with Gasteiger partial charge in [0, 0.05) is 12.2 Å². The first-order valence-corrected chi connectivity index (χ1v) is 6.44. The summed E-state index contributed by atoms with van der Waals surface area (Å²) in [4.78, 5) is 3.55. The normalized spacial score (nSPS) is 16.0. The lowest BCUT2D eigenvalue weighted by atomic mass is 10.0. The Labute approximate surface area is 108 Å². The molecule has 18 heavy (non-hydrogen) atoms. The molecule has 0 saturated heterocycles. The summed E-state index contributed by atoms with van der Waals surface area (Å²) in [5.41, 5.74) is -1.29. The molecule has 0 saturated carbocycles. The number of thiazole rings is 1. The van der Waals surface area contributed by atoms with Crippen LogP contribution < -0.4 is 5.32 Å². The minimum Gasteiger partial charge on any atom is -0.385 e. The second-order valence-electron chi connectivity index (χ2n) is 4.66. The standard InChI is InChI=1S/C11H17F3N2OS/c1-7(2)15-5-4-10(3,17)8-6-16-9(18-8)11(12,13)14/h6-7,15,17H,4-5H2,1-3H3. The second-order valence-corrected chi connectivity index (χ2v) is 5.69. The number of alkyl halides is 3. The zero-order valence-corrected chi connectivity index (χ0v) is 11.3. The van der Waals surface area contributed by atoms with Crippen molar-refractivity contribution in [3.05, 3.63) is 16.1 Å². The molecule has 1 aromatic rings. The number of nitrogens with one attached hydrogen (secondary N) is 1. The molecule has 104 valence electrons. The van der Waals surface area contributed by atoms with Crippen LogP contribution in [0.5, 0.6) is 0 Å². The maximum absolute atomic E-state index is 12.4. The summed E-state index contributed by atoms with van der Waals surface area (Å²) in [6.07, 6.45) is -3.01. The van der Waals surface area contributed by atoms with Crippen molar-refractivity contribution in [1.82, 2.24) is 10.3 Å². The Kier molecular flexibility index (Phi) is 4.74. The molecule has 0 aliphatic heterocycles. The number of halogens is 3. The summed E-state index contributed by atoms with van der Waals surface area (Å²) < 4.78 is 37.2. The SMILES string of the molecule is CC(C)NCCC(C)(O)c1cnc(C(F)(F)F)s1. The van der Waals surface area contributed by atoms with Crippen LogP contribution in [0.1, 0.15) is 37.1 Å². The van der Waals surface area contributed by atoms with Crippen molar-refractivity contribution in [2.45, 2.75) is 45.0 Å². The molecular weight excluding hydrogens is 265 g/mol. The third-order valence-corrected chi connectivity index (χ3v) is 3.74. The lowest BCUT2D eigenvalue weighted by Gasteiger charge is -2.22. The highest BCUT2D eigenvalue weighted by Crippen LogP contribution is 2.36. The van der Waals surface area contributed by atoms with Crippen LogP contribution in [0.4, 0.5) is 13.2 Å². The highest BCUT2D eigenvalue weighted by molar-refractivity contribution is 7.11. The number of hydrogen-bond donors (Lipinski definition) is 2. The molecule has 0 fully saturated rings. The monoisotopic (exact) mass is 282 g/mol. The van der Waals surface area contributed by atoms with E-state index in [0.29, 0.717) is 24.3 Å². The highest BCUT2D eigenvalue weighted by atomic mass is 32.1. The smallest absolute Gasteiger partial charge is 0.385 e. The van der Waals surface area contributed by atoms with Crippen molar-refractivity contribution in [2.24, 2.45) is 0 Å². The average Bonchev–Trinajstić information content (AvgIpc) is 2.64. The summed E-state index contributed by atoms with van der Waals surface area (Å²) in [6.45, 7) is 5.96. The highest BCUT2D eigenvalue weighted by Gasteiger charge is 2.37. The van der Waals surface area contributed by atoms with Gasteiger partial charge in [0.05, 0.1) is 10.5 Å². The molecule has 1 unspecified atom stereocenters. The van der Waals surface area contributed by atoms with Crippen LogP contribution in [0.2, 0.25) is 0 Å². The Bertz CT molecular complexity index is 388. The summed E-state index contributed by atoms with van der Waals surface area (Å²) in [5.74, 6) is 0. The van der Waals surface area contributed by atoms with Gasteiger partial charge < -0.3 is 10.4 Å². The largest absolute Gasteiger partial charge is 0.443 e. The van der Waals surface area contributed by atoms with Gasteiger partial charge in [0.1, 0.15) is 0 Å². The topological polar surface area (TPSA) is 45.1 Å². The number of aromatic nitrogens is 1. The molecule has 0 amide bonds. The molecule has 0 radical (unpaired) electrons. The Morgan fingerprint density at radius 1 is 1.44 bits per heavy atom. The van der Waals surface area contributed by atoms with Crippen molar-refractivity contribution < 1.29 is 18.3 Å². The van der Waals surface area contributed by atoms with Gasteiger partial charge in [0.2, 0.25) is 0 Å². The zero-order chi connectivity index (χ0) is 14.0. The molecule has 0 aromatic carbocycles. The van der Waals surface area contributed by atoms with E-state index in [0.717, 1.165) is 6.20 Å². The van der Waals surface area contributed by atoms with Crippen LogP contribution >= 0.6 is 11.3 Å². The van der Waals surface area contributed by atoms with Gasteiger partial charge in [0.25, 0.3) is 0 Å². The quantitative estimate of drug-likeness (QED) is 0.873. The van der Waals surface area contributed by atoms with E-state index in [2.05, 4.69) is 10.3 Å². The van der Waals surface area contributed by atoms with Crippen LogP contribution in [0.25, 0.3) is 0 Å². The van der Waals surface area contributed by atoms with Gasteiger partial charge in [-0.2, -0.15) is 13.2 Å². The van der Waals surface area contributed by atoms with Gasteiger partial charge in [-0.05, 0) is 19.9 Å². The molecule has 7 heteroatoms. The number of hydrogen-bond acceptors (Lipinski definition) is 4.